The van der Waals surface area contributed by atoms with Crippen molar-refractivity contribution in [2.24, 2.45) is 0 Å². The molecule has 0 spiro atoms. The lowest BCUT2D eigenvalue weighted by atomic mass is 10.2. The summed E-state index contributed by atoms with van der Waals surface area (Å²) in [6.07, 6.45) is -0.502. The maximum Gasteiger partial charge on any atom is 0.408 e. The van der Waals surface area contributed by atoms with Crippen LogP contribution in [0, 0.1) is 11.8 Å². The Balaban J connectivity index is 2.66. The van der Waals surface area contributed by atoms with Gasteiger partial charge in [0, 0.05) is 5.69 Å². The maximum atomic E-state index is 11.4. The van der Waals surface area contributed by atoms with E-state index in [4.69, 9.17) is 15.2 Å². The summed E-state index contributed by atoms with van der Waals surface area (Å²) in [5.74, 6) is 6.35. The molecule has 0 aliphatic heterocycles. The summed E-state index contributed by atoms with van der Waals surface area (Å²) in [6, 6.07) is 3.46. The molecule has 3 N–H and O–H groups in total. The van der Waals surface area contributed by atoms with E-state index in [2.05, 4.69) is 33.1 Å². The fraction of sp³-hybridized carbons (Fsp3) is 0.400. The summed E-state index contributed by atoms with van der Waals surface area (Å²) in [7, 11) is 1.57. The summed E-state index contributed by atoms with van der Waals surface area (Å²) in [6.45, 7) is 5.57. The molecule has 0 unspecified atom stereocenters. The van der Waals surface area contributed by atoms with Crippen molar-refractivity contribution in [1.29, 1.82) is 0 Å². The maximum absolute atomic E-state index is 11.4. The van der Waals surface area contributed by atoms with Crippen molar-refractivity contribution in [3.8, 4) is 17.6 Å². The van der Waals surface area contributed by atoms with Crippen LogP contribution in [0.15, 0.2) is 16.6 Å². The molecule has 0 radical (unpaired) electrons. The highest BCUT2D eigenvalue weighted by molar-refractivity contribution is 9.10. The minimum absolute atomic E-state index is 0.173. The number of rotatable bonds is 2. The third-order valence-corrected chi connectivity index (χ3v) is 2.89. The van der Waals surface area contributed by atoms with Crippen molar-refractivity contribution in [2.75, 3.05) is 19.4 Å². The standard InChI is InChI=1S/C15H19BrN2O3/c1-15(2,3)21-14(19)18-7-5-6-10-8-13(20-4)11(16)9-12(10)17/h8-9H,7,17H2,1-4H3,(H,18,19). The predicted octanol–water partition coefficient (Wildman–Crippen LogP) is 2.92. The Morgan fingerprint density at radius 2 is 2.10 bits per heavy atom. The van der Waals surface area contributed by atoms with Gasteiger partial charge in [0.1, 0.15) is 11.4 Å². The Morgan fingerprint density at radius 1 is 1.43 bits per heavy atom. The number of ether oxygens (including phenoxy) is 2. The molecule has 1 aromatic rings. The number of carbonyl (C=O) groups excluding carboxylic acids is 1. The van der Waals surface area contributed by atoms with Crippen LogP contribution in [0.4, 0.5) is 10.5 Å². The van der Waals surface area contributed by atoms with E-state index in [1.807, 2.05) is 0 Å². The second-order valence-electron chi connectivity index (χ2n) is 5.23. The summed E-state index contributed by atoms with van der Waals surface area (Å²) >= 11 is 3.34. The smallest absolute Gasteiger partial charge is 0.408 e. The number of alkyl carbamates (subject to hydrolysis) is 1. The number of methoxy groups -OCH3 is 1. The highest BCUT2D eigenvalue weighted by Crippen LogP contribution is 2.29. The van der Waals surface area contributed by atoms with Crippen LogP contribution < -0.4 is 15.8 Å². The van der Waals surface area contributed by atoms with Gasteiger partial charge in [-0.15, -0.1) is 0 Å². The average Bonchev–Trinajstić information content (AvgIpc) is 2.34. The van der Waals surface area contributed by atoms with Gasteiger partial charge in [0.15, 0.2) is 0 Å². The van der Waals surface area contributed by atoms with Crippen LogP contribution in [-0.4, -0.2) is 25.3 Å². The van der Waals surface area contributed by atoms with Gasteiger partial charge in [-0.05, 0) is 48.8 Å². The Hall–Kier alpha value is -1.87. The highest BCUT2D eigenvalue weighted by Gasteiger charge is 2.15. The highest BCUT2D eigenvalue weighted by atomic mass is 79.9. The number of amides is 1. The van der Waals surface area contributed by atoms with Crippen LogP contribution >= 0.6 is 15.9 Å². The largest absolute Gasteiger partial charge is 0.496 e. The van der Waals surface area contributed by atoms with Crippen LogP contribution in [0.1, 0.15) is 26.3 Å². The van der Waals surface area contributed by atoms with Gasteiger partial charge in [-0.25, -0.2) is 4.79 Å². The van der Waals surface area contributed by atoms with Crippen LogP contribution in [0.25, 0.3) is 0 Å². The topological polar surface area (TPSA) is 73.6 Å². The third-order valence-electron chi connectivity index (χ3n) is 2.27. The van der Waals surface area contributed by atoms with E-state index in [1.54, 1.807) is 40.0 Å². The first-order chi connectivity index (χ1) is 9.73. The normalized spacial score (nSPS) is 10.3. The molecule has 0 saturated carbocycles. The summed E-state index contributed by atoms with van der Waals surface area (Å²) in [5, 5.41) is 2.55. The van der Waals surface area contributed by atoms with Gasteiger partial charge in [-0.3, -0.25) is 0 Å². The van der Waals surface area contributed by atoms with Crippen molar-refractivity contribution in [3.63, 3.8) is 0 Å². The number of hydrogen-bond acceptors (Lipinski definition) is 4. The summed E-state index contributed by atoms with van der Waals surface area (Å²) in [4.78, 5) is 11.4. The predicted molar refractivity (Wildman–Crippen MR) is 86.2 cm³/mol. The third kappa shape index (κ3) is 5.96. The first-order valence-corrected chi connectivity index (χ1v) is 7.11. The lowest BCUT2D eigenvalue weighted by Gasteiger charge is -2.19. The fourth-order valence-corrected chi connectivity index (χ4v) is 1.93. The number of nitrogens with two attached hydrogens (primary N) is 1. The Kier molecular flexibility index (Phi) is 5.91. The second kappa shape index (κ2) is 7.23. The molecule has 1 aromatic carbocycles. The molecule has 1 rings (SSSR count). The number of hydrogen-bond donors (Lipinski definition) is 2. The molecule has 114 valence electrons. The molecule has 0 fully saturated rings. The van der Waals surface area contributed by atoms with Crippen molar-refractivity contribution in [1.82, 2.24) is 5.32 Å². The number of carbonyl (C=O) groups is 1. The van der Waals surface area contributed by atoms with Crippen molar-refractivity contribution < 1.29 is 14.3 Å². The molecule has 0 bridgehead atoms. The van der Waals surface area contributed by atoms with E-state index in [0.717, 1.165) is 4.47 Å². The van der Waals surface area contributed by atoms with Gasteiger partial charge >= 0.3 is 6.09 Å². The van der Waals surface area contributed by atoms with Crippen LogP contribution in [0.5, 0.6) is 5.75 Å². The lowest BCUT2D eigenvalue weighted by molar-refractivity contribution is 0.0535. The van der Waals surface area contributed by atoms with E-state index in [1.165, 1.54) is 0 Å². The zero-order valence-electron chi connectivity index (χ0n) is 12.5. The molecule has 0 saturated heterocycles. The van der Waals surface area contributed by atoms with Gasteiger partial charge in [0.05, 0.1) is 23.7 Å². The quantitative estimate of drug-likeness (QED) is 0.632. The van der Waals surface area contributed by atoms with Gasteiger partial charge in [-0.2, -0.15) is 0 Å². The van der Waals surface area contributed by atoms with E-state index in [0.29, 0.717) is 17.0 Å². The molecule has 0 aromatic heterocycles. The number of nitrogens with one attached hydrogen (secondary N) is 1. The zero-order chi connectivity index (χ0) is 16.0. The van der Waals surface area contributed by atoms with Crippen molar-refractivity contribution >= 4 is 27.7 Å². The number of benzene rings is 1. The first-order valence-electron chi connectivity index (χ1n) is 6.31. The Labute approximate surface area is 133 Å². The van der Waals surface area contributed by atoms with E-state index in [9.17, 15) is 4.79 Å². The average molecular weight is 355 g/mol. The lowest BCUT2D eigenvalue weighted by Crippen LogP contribution is -2.32. The minimum Gasteiger partial charge on any atom is -0.496 e. The number of nitrogen functional groups attached to an aromatic ring is 1. The van der Waals surface area contributed by atoms with Gasteiger partial charge in [0.25, 0.3) is 0 Å². The van der Waals surface area contributed by atoms with Gasteiger partial charge in [-0.1, -0.05) is 11.8 Å². The van der Waals surface area contributed by atoms with E-state index in [-0.39, 0.29) is 6.54 Å². The molecule has 0 aliphatic carbocycles. The van der Waals surface area contributed by atoms with Gasteiger partial charge in [0.2, 0.25) is 0 Å². The minimum atomic E-state index is -0.527. The molecule has 1 amide bonds. The first kappa shape index (κ1) is 17.2. The van der Waals surface area contributed by atoms with Gasteiger partial charge < -0.3 is 20.5 Å². The molecule has 6 heteroatoms. The van der Waals surface area contributed by atoms with Crippen LogP contribution in [0.3, 0.4) is 0 Å². The summed E-state index contributed by atoms with van der Waals surface area (Å²) < 4.78 is 11.0. The SMILES string of the molecule is COc1cc(C#CCNC(=O)OC(C)(C)C)c(N)cc1Br. The Bertz CT molecular complexity index is 583. The molecular formula is C15H19BrN2O3. The number of halogens is 1. The molecule has 0 heterocycles. The molecule has 5 nitrogen and oxygen atoms in total. The van der Waals surface area contributed by atoms with E-state index < -0.39 is 11.7 Å². The molecule has 21 heavy (non-hydrogen) atoms. The van der Waals surface area contributed by atoms with Crippen molar-refractivity contribution in [3.05, 3.63) is 22.2 Å². The van der Waals surface area contributed by atoms with E-state index >= 15 is 0 Å². The fourth-order valence-electron chi connectivity index (χ4n) is 1.40. The van der Waals surface area contributed by atoms with Crippen LogP contribution in [0.2, 0.25) is 0 Å². The summed E-state index contributed by atoms with van der Waals surface area (Å²) in [5.41, 5.74) is 6.52. The Morgan fingerprint density at radius 3 is 2.67 bits per heavy atom. The number of anilines is 1. The van der Waals surface area contributed by atoms with Crippen molar-refractivity contribution in [2.45, 2.75) is 26.4 Å². The molecular weight excluding hydrogens is 336 g/mol. The monoisotopic (exact) mass is 354 g/mol. The molecule has 0 aliphatic rings. The zero-order valence-corrected chi connectivity index (χ0v) is 14.1. The van der Waals surface area contributed by atoms with Crippen LogP contribution in [-0.2, 0) is 4.74 Å². The molecule has 0 atom stereocenters. The second-order valence-corrected chi connectivity index (χ2v) is 6.09.